The molecule has 0 bridgehead atoms. The molecule has 1 N–H and O–H groups in total. The molecule has 0 amide bonds. The van der Waals surface area contributed by atoms with Crippen molar-refractivity contribution in [2.75, 3.05) is 0 Å². The monoisotopic (exact) mass is 275 g/mol. The van der Waals surface area contributed by atoms with Gasteiger partial charge < -0.3 is 5.11 Å². The first-order valence-corrected chi connectivity index (χ1v) is 6.12. The Kier molecular flexibility index (Phi) is 2.80. The zero-order valence-corrected chi connectivity index (χ0v) is 10.3. The molecule has 2 aromatic heterocycles. The number of hydrogen-bond acceptors (Lipinski definition) is 7. The Hall–Kier alpha value is -2.55. The minimum Gasteiger partial charge on any atom is -0.860 e. The number of benzene rings is 1. The number of fused-ring (bicyclic) bond motifs is 1. The molecule has 96 valence electrons. The SMILES string of the molecule is O=c1sc2ccccc2n1CC([O-])=Nc1nn[nH]n1. The molecule has 2 heterocycles. The zero-order valence-electron chi connectivity index (χ0n) is 9.48. The zero-order chi connectivity index (χ0) is 13.2. The lowest BCUT2D eigenvalue weighted by Gasteiger charge is -2.10. The van der Waals surface area contributed by atoms with Crippen LogP contribution in [-0.2, 0) is 6.54 Å². The molecule has 0 saturated carbocycles. The second kappa shape index (κ2) is 4.61. The summed E-state index contributed by atoms with van der Waals surface area (Å²) in [5.74, 6) is -0.551. The molecule has 0 aliphatic rings. The van der Waals surface area contributed by atoms with Crippen LogP contribution in [0.3, 0.4) is 0 Å². The normalized spacial score (nSPS) is 12.1. The molecular weight excluding hydrogens is 268 g/mol. The van der Waals surface area contributed by atoms with E-state index in [4.69, 9.17) is 0 Å². The van der Waals surface area contributed by atoms with E-state index in [1.54, 1.807) is 6.07 Å². The van der Waals surface area contributed by atoms with Crippen LogP contribution in [0.5, 0.6) is 0 Å². The second-order valence-corrected chi connectivity index (χ2v) is 4.63. The van der Waals surface area contributed by atoms with Gasteiger partial charge in [-0.2, -0.15) is 5.21 Å². The number of hydrogen-bond donors (Lipinski definition) is 1. The van der Waals surface area contributed by atoms with Gasteiger partial charge in [0, 0.05) is 0 Å². The van der Waals surface area contributed by atoms with E-state index < -0.39 is 5.90 Å². The molecule has 0 aliphatic carbocycles. The Balaban J connectivity index is 1.97. The lowest BCUT2D eigenvalue weighted by Crippen LogP contribution is -2.27. The molecule has 19 heavy (non-hydrogen) atoms. The average Bonchev–Trinajstić information content (AvgIpc) is 2.99. The van der Waals surface area contributed by atoms with E-state index >= 15 is 0 Å². The molecular formula is C10H7N6O2S-. The van der Waals surface area contributed by atoms with E-state index in [-0.39, 0.29) is 17.4 Å². The van der Waals surface area contributed by atoms with Gasteiger partial charge in [-0.3, -0.25) is 9.36 Å². The number of aliphatic imine (C=N–C) groups is 1. The first-order valence-electron chi connectivity index (χ1n) is 5.30. The van der Waals surface area contributed by atoms with Gasteiger partial charge in [-0.25, -0.2) is 4.99 Å². The summed E-state index contributed by atoms with van der Waals surface area (Å²) < 4.78 is 2.21. The third-order valence-electron chi connectivity index (χ3n) is 2.43. The van der Waals surface area contributed by atoms with Crippen LogP contribution in [0.1, 0.15) is 0 Å². The first-order chi connectivity index (χ1) is 9.24. The number of thiazole rings is 1. The van der Waals surface area contributed by atoms with E-state index in [0.717, 1.165) is 16.0 Å². The van der Waals surface area contributed by atoms with Crippen LogP contribution >= 0.6 is 11.3 Å². The van der Waals surface area contributed by atoms with Crippen LogP contribution in [-0.4, -0.2) is 31.1 Å². The maximum absolute atomic E-state index is 11.8. The Morgan fingerprint density at radius 1 is 1.47 bits per heavy atom. The number of aromatic amines is 1. The Bertz CT molecular complexity index is 788. The quantitative estimate of drug-likeness (QED) is 0.519. The van der Waals surface area contributed by atoms with Crippen molar-refractivity contribution in [3.05, 3.63) is 33.9 Å². The predicted octanol–water partition coefficient (Wildman–Crippen LogP) is -0.333. The summed E-state index contributed by atoms with van der Waals surface area (Å²) in [6.07, 6.45) is 0. The number of rotatable bonds is 3. The highest BCUT2D eigenvalue weighted by atomic mass is 32.1. The average molecular weight is 275 g/mol. The van der Waals surface area contributed by atoms with Crippen molar-refractivity contribution in [1.82, 2.24) is 25.2 Å². The first kappa shape index (κ1) is 11.5. The van der Waals surface area contributed by atoms with Gasteiger partial charge in [0.05, 0.1) is 16.8 Å². The maximum atomic E-state index is 11.8. The number of H-pyrrole nitrogens is 1. The molecule has 0 unspecified atom stereocenters. The third-order valence-corrected chi connectivity index (χ3v) is 3.39. The molecule has 0 fully saturated rings. The van der Waals surface area contributed by atoms with Crippen LogP contribution < -0.4 is 9.98 Å². The van der Waals surface area contributed by atoms with Crippen molar-refractivity contribution in [3.63, 3.8) is 0 Å². The highest BCUT2D eigenvalue weighted by Gasteiger charge is 2.06. The Morgan fingerprint density at radius 2 is 2.32 bits per heavy atom. The predicted molar refractivity (Wildman–Crippen MR) is 67.4 cm³/mol. The molecule has 3 aromatic rings. The summed E-state index contributed by atoms with van der Waals surface area (Å²) in [5.41, 5.74) is 0.717. The highest BCUT2D eigenvalue weighted by molar-refractivity contribution is 7.16. The largest absolute Gasteiger partial charge is 0.860 e. The van der Waals surface area contributed by atoms with Gasteiger partial charge in [-0.15, -0.1) is 5.10 Å². The smallest absolute Gasteiger partial charge is 0.308 e. The number of aromatic nitrogens is 5. The molecule has 9 heteroatoms. The maximum Gasteiger partial charge on any atom is 0.308 e. The van der Waals surface area contributed by atoms with Crippen molar-refractivity contribution >= 4 is 33.4 Å². The molecule has 3 rings (SSSR count). The van der Waals surface area contributed by atoms with Gasteiger partial charge in [0.1, 0.15) is 0 Å². The van der Waals surface area contributed by atoms with Gasteiger partial charge >= 0.3 is 4.87 Å². The molecule has 0 radical (unpaired) electrons. The van der Waals surface area contributed by atoms with E-state index in [0.29, 0.717) is 5.52 Å². The fourth-order valence-corrected chi connectivity index (χ4v) is 2.54. The van der Waals surface area contributed by atoms with Crippen LogP contribution in [0.15, 0.2) is 34.1 Å². The number of tetrazole rings is 1. The summed E-state index contributed by atoms with van der Waals surface area (Å²) in [4.78, 5) is 15.2. The van der Waals surface area contributed by atoms with E-state index in [1.807, 2.05) is 18.2 Å². The summed E-state index contributed by atoms with van der Waals surface area (Å²) in [7, 11) is 0. The van der Waals surface area contributed by atoms with Crippen molar-refractivity contribution in [1.29, 1.82) is 0 Å². The molecule has 0 saturated heterocycles. The summed E-state index contributed by atoms with van der Waals surface area (Å²) in [6.45, 7) is -0.141. The van der Waals surface area contributed by atoms with Gasteiger partial charge in [0.15, 0.2) is 0 Å². The van der Waals surface area contributed by atoms with Crippen LogP contribution in [0.2, 0.25) is 0 Å². The Labute approximate surface area is 110 Å². The van der Waals surface area contributed by atoms with Gasteiger partial charge in [-0.05, 0) is 23.2 Å². The van der Waals surface area contributed by atoms with Crippen LogP contribution in [0.4, 0.5) is 5.95 Å². The molecule has 0 atom stereocenters. The van der Waals surface area contributed by atoms with E-state index in [2.05, 4.69) is 25.6 Å². The van der Waals surface area contributed by atoms with Crippen molar-refractivity contribution in [2.45, 2.75) is 6.54 Å². The van der Waals surface area contributed by atoms with Gasteiger partial charge in [-0.1, -0.05) is 28.6 Å². The van der Waals surface area contributed by atoms with Crippen molar-refractivity contribution in [2.24, 2.45) is 4.99 Å². The standard InChI is InChI=1S/C10H8N6O2S/c17-8(11-9-12-14-15-13-9)5-16-6-3-1-2-4-7(6)19-10(16)18/h1-4H,5H2,(H2,11,12,13,14,15,17)/p-1. The summed E-state index contributed by atoms with van der Waals surface area (Å²) >= 11 is 1.09. The summed E-state index contributed by atoms with van der Waals surface area (Å²) in [6, 6.07) is 7.27. The minimum absolute atomic E-state index is 0.0439. The van der Waals surface area contributed by atoms with E-state index in [1.165, 1.54) is 4.57 Å². The second-order valence-electron chi connectivity index (χ2n) is 3.64. The van der Waals surface area contributed by atoms with E-state index in [9.17, 15) is 9.90 Å². The fourth-order valence-electron chi connectivity index (χ4n) is 1.65. The molecule has 0 aliphatic heterocycles. The Morgan fingerprint density at radius 3 is 3.11 bits per heavy atom. The van der Waals surface area contributed by atoms with Crippen molar-refractivity contribution in [3.8, 4) is 0 Å². The number of nitrogens with one attached hydrogen (secondary N) is 1. The van der Waals surface area contributed by atoms with Crippen LogP contribution in [0, 0.1) is 0 Å². The number of para-hydroxylation sites is 1. The molecule has 1 aromatic carbocycles. The van der Waals surface area contributed by atoms with Gasteiger partial charge in [0.2, 0.25) is 0 Å². The summed E-state index contributed by atoms with van der Waals surface area (Å²) in [5, 5.41) is 24.3. The molecule has 0 spiro atoms. The minimum atomic E-state index is -0.507. The topological polar surface area (TPSA) is 112 Å². The highest BCUT2D eigenvalue weighted by Crippen LogP contribution is 2.16. The van der Waals surface area contributed by atoms with Gasteiger partial charge in [0.25, 0.3) is 5.95 Å². The van der Waals surface area contributed by atoms with Crippen molar-refractivity contribution < 1.29 is 5.11 Å². The number of nitrogens with zero attached hydrogens (tertiary/aromatic N) is 5. The lowest BCUT2D eigenvalue weighted by atomic mass is 10.3. The molecule has 8 nitrogen and oxygen atoms in total. The lowest BCUT2D eigenvalue weighted by molar-refractivity contribution is -0.219. The third kappa shape index (κ3) is 2.22. The fraction of sp³-hybridized carbons (Fsp3) is 0.100. The van der Waals surface area contributed by atoms with Crippen LogP contribution in [0.25, 0.3) is 10.2 Å².